The van der Waals surface area contributed by atoms with Gasteiger partial charge in [-0.3, -0.25) is 9.59 Å². The van der Waals surface area contributed by atoms with Crippen molar-refractivity contribution in [3.63, 3.8) is 0 Å². The molecule has 0 bridgehead atoms. The fourth-order valence-electron chi connectivity index (χ4n) is 5.07. The number of unbranched alkanes of at least 4 members (excludes halogenated alkanes) is 22. The van der Waals surface area contributed by atoms with Crippen LogP contribution in [0.2, 0.25) is 0 Å². The molecule has 10 heteroatoms. The van der Waals surface area contributed by atoms with Crippen LogP contribution < -0.4 is 0 Å². The summed E-state index contributed by atoms with van der Waals surface area (Å²) >= 11 is 0. The van der Waals surface area contributed by atoms with Gasteiger partial charge in [-0.15, -0.1) is 0 Å². The van der Waals surface area contributed by atoms with Crippen LogP contribution in [0.4, 0.5) is 0 Å². The van der Waals surface area contributed by atoms with Crippen LogP contribution in [0.15, 0.2) is 24.3 Å². The van der Waals surface area contributed by atoms with Gasteiger partial charge in [-0.05, 0) is 64.2 Å². The first-order chi connectivity index (χ1) is 21.5. The molecule has 0 saturated heterocycles. The summed E-state index contributed by atoms with van der Waals surface area (Å²) in [5.41, 5.74) is 0. The van der Waals surface area contributed by atoms with E-state index in [1.165, 1.54) is 89.9 Å². The van der Waals surface area contributed by atoms with Crippen LogP contribution in [0.25, 0.3) is 0 Å². The largest absolute Gasteiger partial charge is 0.425 e. The van der Waals surface area contributed by atoms with Gasteiger partial charge in [-0.25, -0.2) is 9.59 Å². The van der Waals surface area contributed by atoms with Gasteiger partial charge in [0.25, 0.3) is 0 Å². The van der Waals surface area contributed by atoms with Gasteiger partial charge in [0.05, 0.1) is 0 Å². The number of rotatable bonds is 30. The number of hydrogen-bond donors (Lipinski definition) is 0. The van der Waals surface area contributed by atoms with Crippen molar-refractivity contribution >= 4 is 23.9 Å². The molecule has 0 rings (SSSR count). The van der Waals surface area contributed by atoms with Gasteiger partial charge in [-0.2, -0.15) is 0 Å². The van der Waals surface area contributed by atoms with Crippen LogP contribution in [0.5, 0.6) is 0 Å². The average molecular weight is 880 g/mol. The van der Waals surface area contributed by atoms with E-state index in [9.17, 15) is 19.2 Å². The number of carbonyl (C=O) groups excluding carboxylic acids is 4. The van der Waals surface area contributed by atoms with Gasteiger partial charge < -0.3 is 9.47 Å². The Bertz CT molecular complexity index is 725. The molecule has 0 aliphatic rings. The Hall–Kier alpha value is 0.254. The predicted octanol–water partition coefficient (Wildman–Crippen LogP) is 11.2. The molecule has 0 N–H and O–H groups in total. The third-order valence-corrected chi connectivity index (χ3v) is 7.87. The molecular weight excluding hydrogens is 814 g/mol. The Morgan fingerprint density at radius 3 is 0.854 bits per heavy atom. The fourth-order valence-corrected chi connectivity index (χ4v) is 5.07. The molecule has 48 heavy (non-hydrogen) atoms. The SMILES string of the molecule is CCCCCCCC/C=C\CCCCCCCC(=O)OC(=O)C(=O)OC(=O)CCCCCCC/C=C\CCCCCCCC.[Zn].[Zn].[Zn].[Zn]. The first-order valence-electron chi connectivity index (χ1n) is 18.3. The van der Waals surface area contributed by atoms with Crippen molar-refractivity contribution in [2.45, 2.75) is 194 Å². The minimum absolute atomic E-state index is 0. The number of allylic oxidation sites excluding steroid dienone is 4. The maximum absolute atomic E-state index is 11.9. The summed E-state index contributed by atoms with van der Waals surface area (Å²) in [5, 5.41) is 0. The molecule has 0 aromatic rings. The van der Waals surface area contributed by atoms with Crippen LogP contribution in [-0.4, -0.2) is 23.9 Å². The second-order valence-electron chi connectivity index (χ2n) is 12.2. The zero-order chi connectivity index (χ0) is 32.4. The molecule has 0 fully saturated rings. The fraction of sp³-hybridized carbons (Fsp3) is 0.789. The second-order valence-corrected chi connectivity index (χ2v) is 12.2. The summed E-state index contributed by atoms with van der Waals surface area (Å²) in [5.74, 6) is -4.34. The van der Waals surface area contributed by atoms with E-state index in [0.717, 1.165) is 64.2 Å². The number of hydrogen-bond acceptors (Lipinski definition) is 6. The van der Waals surface area contributed by atoms with Crippen molar-refractivity contribution < 1.29 is 107 Å². The first kappa shape index (κ1) is 57.6. The van der Waals surface area contributed by atoms with E-state index < -0.39 is 23.9 Å². The third kappa shape index (κ3) is 44.3. The minimum atomic E-state index is -1.42. The van der Waals surface area contributed by atoms with Crippen molar-refractivity contribution in [1.29, 1.82) is 0 Å². The number of carbonyl (C=O) groups is 4. The molecule has 0 spiro atoms. The van der Waals surface area contributed by atoms with Gasteiger partial charge in [0, 0.05) is 90.8 Å². The first-order valence-corrected chi connectivity index (χ1v) is 18.3. The molecule has 6 nitrogen and oxygen atoms in total. The Morgan fingerprint density at radius 2 is 0.583 bits per heavy atom. The number of ether oxygens (including phenoxy) is 2. The third-order valence-electron chi connectivity index (χ3n) is 7.87. The van der Waals surface area contributed by atoms with Crippen molar-refractivity contribution in [2.75, 3.05) is 0 Å². The molecule has 0 aliphatic carbocycles. The Kier molecular flexibility index (Phi) is 56.7. The van der Waals surface area contributed by atoms with Gasteiger partial charge >= 0.3 is 23.9 Å². The molecule has 0 aromatic carbocycles. The average Bonchev–Trinajstić information content (AvgIpc) is 3.00. The molecule has 0 heterocycles. The predicted molar refractivity (Wildman–Crippen MR) is 181 cm³/mol. The monoisotopic (exact) mass is 874 g/mol. The molecule has 0 aliphatic heterocycles. The van der Waals surface area contributed by atoms with Gasteiger partial charge in [-0.1, -0.05) is 141 Å². The molecule has 0 atom stereocenters. The van der Waals surface area contributed by atoms with Gasteiger partial charge in [0.1, 0.15) is 0 Å². The van der Waals surface area contributed by atoms with Gasteiger partial charge in [0.15, 0.2) is 0 Å². The zero-order valence-corrected chi connectivity index (χ0v) is 43.3. The van der Waals surface area contributed by atoms with E-state index in [1.807, 2.05) is 0 Å². The smallest absolute Gasteiger partial charge is 0.384 e. The summed E-state index contributed by atoms with van der Waals surface area (Å²) in [6.45, 7) is 4.48. The maximum atomic E-state index is 11.9. The van der Waals surface area contributed by atoms with Crippen molar-refractivity contribution in [3.8, 4) is 0 Å². The summed E-state index contributed by atoms with van der Waals surface area (Å²) in [4.78, 5) is 47.3. The minimum Gasteiger partial charge on any atom is -0.384 e. The summed E-state index contributed by atoms with van der Waals surface area (Å²) in [6.07, 6.45) is 39.2. The molecule has 0 radical (unpaired) electrons. The summed E-state index contributed by atoms with van der Waals surface area (Å²) in [7, 11) is 0. The Morgan fingerprint density at radius 1 is 0.354 bits per heavy atom. The zero-order valence-electron chi connectivity index (χ0n) is 31.4. The van der Waals surface area contributed by atoms with Crippen LogP contribution in [0, 0.1) is 0 Å². The molecule has 0 unspecified atom stereocenters. The van der Waals surface area contributed by atoms with Crippen molar-refractivity contribution in [1.82, 2.24) is 0 Å². The number of esters is 4. The van der Waals surface area contributed by atoms with E-state index >= 15 is 0 Å². The van der Waals surface area contributed by atoms with E-state index in [0.29, 0.717) is 12.8 Å². The van der Waals surface area contributed by atoms with Crippen LogP contribution in [0.3, 0.4) is 0 Å². The molecular formula is C38H66O6Zn4. The standard InChI is InChI=1S/C38H66O6.4Zn/c1-3-5-7-9-11-13-15-17-19-21-23-25-27-29-31-33-35(39)43-37(41)38(42)44-36(40)34-32-30-28-26-24-22-20-18-16-14-12-10-8-6-4-2;;;;/h17-20H,3-16,21-34H2,1-2H3;;;;/b19-17-,20-18-;;;;. The molecule has 0 saturated carbocycles. The Balaban J connectivity index is -0.00000154. The summed E-state index contributed by atoms with van der Waals surface area (Å²) in [6, 6.07) is 0. The molecule has 0 amide bonds. The normalized spacial score (nSPS) is 10.5. The van der Waals surface area contributed by atoms with Crippen molar-refractivity contribution in [3.05, 3.63) is 24.3 Å². The Labute approximate surface area is 345 Å². The molecule has 262 valence electrons. The quantitative estimate of drug-likeness (QED) is 0.0178. The topological polar surface area (TPSA) is 86.7 Å². The van der Waals surface area contributed by atoms with E-state index in [2.05, 4.69) is 47.6 Å². The van der Waals surface area contributed by atoms with E-state index in [-0.39, 0.29) is 90.8 Å². The van der Waals surface area contributed by atoms with E-state index in [1.54, 1.807) is 0 Å². The maximum Gasteiger partial charge on any atom is 0.425 e. The van der Waals surface area contributed by atoms with Crippen LogP contribution >= 0.6 is 0 Å². The second kappa shape index (κ2) is 47.3. The van der Waals surface area contributed by atoms with Crippen LogP contribution in [0.1, 0.15) is 194 Å². The summed E-state index contributed by atoms with van der Waals surface area (Å²) < 4.78 is 9.09. The van der Waals surface area contributed by atoms with Crippen molar-refractivity contribution in [2.24, 2.45) is 0 Å². The van der Waals surface area contributed by atoms with E-state index in [4.69, 9.17) is 0 Å². The van der Waals surface area contributed by atoms with Gasteiger partial charge in [0.2, 0.25) is 0 Å². The molecule has 0 aromatic heterocycles. The van der Waals surface area contributed by atoms with Crippen LogP contribution in [-0.2, 0) is 107 Å².